The van der Waals surface area contributed by atoms with Gasteiger partial charge in [0.15, 0.2) is 5.82 Å². The summed E-state index contributed by atoms with van der Waals surface area (Å²) in [4.78, 5) is 8.29. The summed E-state index contributed by atoms with van der Waals surface area (Å²) in [7, 11) is -0.789. The molecule has 8 heteroatoms. The van der Waals surface area contributed by atoms with Gasteiger partial charge in [-0.3, -0.25) is 4.21 Å². The quantitative estimate of drug-likeness (QED) is 0.818. The maximum absolute atomic E-state index is 11.1. The van der Waals surface area contributed by atoms with Crippen LogP contribution in [0.4, 0.5) is 11.8 Å². The molecular weight excluding hydrogens is 276 g/mol. The van der Waals surface area contributed by atoms with Crippen LogP contribution in [-0.2, 0) is 10.8 Å². The van der Waals surface area contributed by atoms with E-state index < -0.39 is 10.8 Å². The van der Waals surface area contributed by atoms with Crippen LogP contribution < -0.4 is 11.1 Å². The lowest BCUT2D eigenvalue weighted by Gasteiger charge is -2.14. The maximum atomic E-state index is 11.1. The molecule has 0 amide bonds. The van der Waals surface area contributed by atoms with Crippen molar-refractivity contribution in [2.24, 2.45) is 0 Å². The fourth-order valence-electron chi connectivity index (χ4n) is 1.72. The van der Waals surface area contributed by atoms with E-state index in [9.17, 15) is 4.21 Å². The topological polar surface area (TPSA) is 98.7 Å². The summed E-state index contributed by atoms with van der Waals surface area (Å²) in [5, 5.41) is 7.34. The number of nitrogens with one attached hydrogen (secondary N) is 1. The van der Waals surface area contributed by atoms with Crippen LogP contribution in [0, 0.1) is 0 Å². The van der Waals surface area contributed by atoms with Crippen molar-refractivity contribution in [3.63, 3.8) is 0 Å². The molecule has 0 aliphatic rings. The van der Waals surface area contributed by atoms with E-state index in [1.165, 1.54) is 0 Å². The molecule has 2 unspecified atom stereocenters. The SMILES string of the molecule is CC(CCS(C)=O)Nc1cc(-n2cccn2)nc(N)n1. The van der Waals surface area contributed by atoms with Crippen molar-refractivity contribution >= 4 is 22.6 Å². The number of anilines is 2. The molecule has 0 aliphatic heterocycles. The van der Waals surface area contributed by atoms with Crippen molar-refractivity contribution < 1.29 is 4.21 Å². The molecule has 0 aliphatic carbocycles. The second-order valence-corrected chi connectivity index (χ2v) is 6.09. The summed E-state index contributed by atoms with van der Waals surface area (Å²) in [6, 6.07) is 3.74. The molecule has 0 bridgehead atoms. The summed E-state index contributed by atoms with van der Waals surface area (Å²) in [6.45, 7) is 2.01. The highest BCUT2D eigenvalue weighted by molar-refractivity contribution is 7.84. The zero-order valence-corrected chi connectivity index (χ0v) is 12.3. The molecule has 0 saturated heterocycles. The van der Waals surface area contributed by atoms with E-state index in [1.807, 2.05) is 13.0 Å². The monoisotopic (exact) mass is 294 g/mol. The Labute approximate surface area is 120 Å². The Kier molecular flexibility index (Phi) is 4.67. The summed E-state index contributed by atoms with van der Waals surface area (Å²) >= 11 is 0. The van der Waals surface area contributed by atoms with Crippen molar-refractivity contribution in [2.45, 2.75) is 19.4 Å². The van der Waals surface area contributed by atoms with Crippen molar-refractivity contribution in [2.75, 3.05) is 23.1 Å². The molecule has 0 spiro atoms. The van der Waals surface area contributed by atoms with Gasteiger partial charge in [0, 0.05) is 47.3 Å². The second-order valence-electron chi connectivity index (χ2n) is 4.53. The predicted octanol–water partition coefficient (Wildman–Crippen LogP) is 0.814. The molecule has 2 rings (SSSR count). The molecule has 0 aromatic carbocycles. The molecule has 0 radical (unpaired) electrons. The molecule has 7 nitrogen and oxygen atoms in total. The molecule has 108 valence electrons. The summed E-state index contributed by atoms with van der Waals surface area (Å²) in [6.07, 6.45) is 5.95. The van der Waals surface area contributed by atoms with Gasteiger partial charge in [0.2, 0.25) is 5.95 Å². The van der Waals surface area contributed by atoms with E-state index in [2.05, 4.69) is 20.4 Å². The fourth-order valence-corrected chi connectivity index (χ4v) is 2.40. The van der Waals surface area contributed by atoms with Crippen LogP contribution in [-0.4, -0.2) is 42.0 Å². The van der Waals surface area contributed by atoms with Crippen LogP contribution in [0.1, 0.15) is 13.3 Å². The van der Waals surface area contributed by atoms with Crippen LogP contribution in [0.15, 0.2) is 24.5 Å². The molecule has 2 atom stereocenters. The predicted molar refractivity (Wildman–Crippen MR) is 80.2 cm³/mol. The van der Waals surface area contributed by atoms with E-state index in [0.717, 1.165) is 6.42 Å². The lowest BCUT2D eigenvalue weighted by atomic mass is 10.2. The van der Waals surface area contributed by atoms with Crippen molar-refractivity contribution in [3.8, 4) is 5.82 Å². The smallest absolute Gasteiger partial charge is 0.224 e. The summed E-state index contributed by atoms with van der Waals surface area (Å²) in [5.41, 5.74) is 5.71. The first-order valence-electron chi connectivity index (χ1n) is 6.25. The number of nitrogens with two attached hydrogens (primary N) is 1. The zero-order chi connectivity index (χ0) is 14.5. The Bertz CT molecular complexity index is 586. The highest BCUT2D eigenvalue weighted by Crippen LogP contribution is 2.13. The lowest BCUT2D eigenvalue weighted by molar-refractivity contribution is 0.678. The third-order valence-electron chi connectivity index (χ3n) is 2.70. The van der Waals surface area contributed by atoms with Gasteiger partial charge in [-0.2, -0.15) is 15.1 Å². The molecule has 2 aromatic heterocycles. The van der Waals surface area contributed by atoms with Gasteiger partial charge in [-0.05, 0) is 19.4 Å². The third kappa shape index (κ3) is 4.02. The summed E-state index contributed by atoms with van der Waals surface area (Å²) in [5.74, 6) is 2.08. The lowest BCUT2D eigenvalue weighted by Crippen LogP contribution is -2.19. The standard InChI is InChI=1S/C12H18N6OS/c1-9(4-7-20(2)19)15-10-8-11(17-12(13)16-10)18-6-3-5-14-18/h3,5-6,8-9H,4,7H2,1-2H3,(H3,13,15,16,17). The number of hydrogen-bond acceptors (Lipinski definition) is 6. The number of hydrogen-bond donors (Lipinski definition) is 2. The van der Waals surface area contributed by atoms with E-state index in [0.29, 0.717) is 17.4 Å². The fraction of sp³-hybridized carbons (Fsp3) is 0.417. The Morgan fingerprint density at radius 2 is 2.30 bits per heavy atom. The molecule has 0 saturated carbocycles. The first kappa shape index (κ1) is 14.4. The molecule has 0 fully saturated rings. The van der Waals surface area contributed by atoms with Gasteiger partial charge < -0.3 is 11.1 Å². The van der Waals surface area contributed by atoms with E-state index in [1.54, 1.807) is 29.4 Å². The Morgan fingerprint density at radius 1 is 1.50 bits per heavy atom. The average molecular weight is 294 g/mol. The molecule has 3 N–H and O–H groups in total. The van der Waals surface area contributed by atoms with Gasteiger partial charge in [0.1, 0.15) is 5.82 Å². The van der Waals surface area contributed by atoms with Crippen LogP contribution in [0.25, 0.3) is 5.82 Å². The van der Waals surface area contributed by atoms with Gasteiger partial charge in [-0.25, -0.2) is 4.68 Å². The first-order valence-corrected chi connectivity index (χ1v) is 7.98. The largest absolute Gasteiger partial charge is 0.368 e. The molecule has 20 heavy (non-hydrogen) atoms. The Hall–Kier alpha value is -1.96. The maximum Gasteiger partial charge on any atom is 0.224 e. The van der Waals surface area contributed by atoms with Crippen LogP contribution in [0.2, 0.25) is 0 Å². The number of nitrogen functional groups attached to an aromatic ring is 1. The normalized spacial score (nSPS) is 13.9. The number of aromatic nitrogens is 4. The van der Waals surface area contributed by atoms with Gasteiger partial charge in [0.25, 0.3) is 0 Å². The molecular formula is C12H18N6OS. The van der Waals surface area contributed by atoms with Crippen molar-refractivity contribution in [1.29, 1.82) is 0 Å². The van der Waals surface area contributed by atoms with E-state index in [-0.39, 0.29) is 12.0 Å². The van der Waals surface area contributed by atoms with Crippen LogP contribution in [0.3, 0.4) is 0 Å². The average Bonchev–Trinajstić information content (AvgIpc) is 2.89. The summed E-state index contributed by atoms with van der Waals surface area (Å²) < 4.78 is 12.7. The van der Waals surface area contributed by atoms with Crippen molar-refractivity contribution in [3.05, 3.63) is 24.5 Å². The molecule has 2 aromatic rings. The van der Waals surface area contributed by atoms with Crippen molar-refractivity contribution in [1.82, 2.24) is 19.7 Å². The Balaban J connectivity index is 2.10. The highest BCUT2D eigenvalue weighted by atomic mass is 32.2. The minimum Gasteiger partial charge on any atom is -0.368 e. The van der Waals surface area contributed by atoms with Gasteiger partial charge >= 0.3 is 0 Å². The Morgan fingerprint density at radius 3 is 2.95 bits per heavy atom. The van der Waals surface area contributed by atoms with Gasteiger partial charge in [0.05, 0.1) is 0 Å². The molecule has 2 heterocycles. The first-order chi connectivity index (χ1) is 9.54. The minimum absolute atomic E-state index is 0.152. The third-order valence-corrected chi connectivity index (χ3v) is 3.51. The number of nitrogens with zero attached hydrogens (tertiary/aromatic N) is 4. The van der Waals surface area contributed by atoms with E-state index in [4.69, 9.17) is 5.73 Å². The highest BCUT2D eigenvalue weighted by Gasteiger charge is 2.08. The van der Waals surface area contributed by atoms with E-state index >= 15 is 0 Å². The van der Waals surface area contributed by atoms with Crippen LogP contribution in [0.5, 0.6) is 0 Å². The second kappa shape index (κ2) is 6.47. The van der Waals surface area contributed by atoms with Gasteiger partial charge in [-0.15, -0.1) is 0 Å². The zero-order valence-electron chi connectivity index (χ0n) is 11.5. The minimum atomic E-state index is -0.789. The number of rotatable bonds is 6. The van der Waals surface area contributed by atoms with Crippen LogP contribution >= 0.6 is 0 Å². The van der Waals surface area contributed by atoms with Gasteiger partial charge in [-0.1, -0.05) is 0 Å².